The Balaban J connectivity index is 3.10. The standard InChI is InChI=1S/C10H17NS2/c1-6-8(7(2)12)13-9(11-6)10(3,4)5/h7,12H,1-5H3. The van der Waals surface area contributed by atoms with E-state index in [0.717, 1.165) is 5.69 Å². The molecule has 0 radical (unpaired) electrons. The minimum absolute atomic E-state index is 0.163. The maximum Gasteiger partial charge on any atom is 0.0984 e. The quantitative estimate of drug-likeness (QED) is 0.704. The maximum absolute atomic E-state index is 4.57. The van der Waals surface area contributed by atoms with E-state index >= 15 is 0 Å². The second kappa shape index (κ2) is 3.62. The summed E-state index contributed by atoms with van der Waals surface area (Å²) in [5.41, 5.74) is 1.30. The molecule has 1 heterocycles. The third-order valence-corrected chi connectivity index (χ3v) is 4.05. The van der Waals surface area contributed by atoms with Crippen LogP contribution >= 0.6 is 24.0 Å². The van der Waals surface area contributed by atoms with Crippen molar-refractivity contribution in [1.82, 2.24) is 4.98 Å². The van der Waals surface area contributed by atoms with Crippen molar-refractivity contribution in [1.29, 1.82) is 0 Å². The molecule has 74 valence electrons. The lowest BCUT2D eigenvalue weighted by Gasteiger charge is -2.13. The van der Waals surface area contributed by atoms with Gasteiger partial charge < -0.3 is 0 Å². The highest BCUT2D eigenvalue weighted by atomic mass is 32.1. The van der Waals surface area contributed by atoms with E-state index in [2.05, 4.69) is 52.2 Å². The average molecular weight is 215 g/mol. The predicted octanol–water partition coefficient (Wildman–Crippen LogP) is 3.74. The Labute approximate surface area is 90.0 Å². The van der Waals surface area contributed by atoms with Gasteiger partial charge in [0.2, 0.25) is 0 Å². The van der Waals surface area contributed by atoms with Gasteiger partial charge in [0.05, 0.1) is 10.7 Å². The van der Waals surface area contributed by atoms with Gasteiger partial charge in [0.1, 0.15) is 0 Å². The van der Waals surface area contributed by atoms with Gasteiger partial charge in [0.25, 0.3) is 0 Å². The molecule has 1 unspecified atom stereocenters. The van der Waals surface area contributed by atoms with E-state index < -0.39 is 0 Å². The van der Waals surface area contributed by atoms with Crippen LogP contribution in [0, 0.1) is 6.92 Å². The summed E-state index contributed by atoms with van der Waals surface area (Å²) in [6.45, 7) is 10.7. The van der Waals surface area contributed by atoms with E-state index in [-0.39, 0.29) is 5.41 Å². The normalized spacial score (nSPS) is 14.6. The molecule has 0 aromatic carbocycles. The molecule has 1 rings (SSSR count). The fraction of sp³-hybridized carbons (Fsp3) is 0.700. The Morgan fingerprint density at radius 2 is 1.92 bits per heavy atom. The summed E-state index contributed by atoms with van der Waals surface area (Å²) in [4.78, 5) is 5.87. The van der Waals surface area contributed by atoms with Gasteiger partial charge in [-0.25, -0.2) is 4.98 Å². The highest BCUT2D eigenvalue weighted by molar-refractivity contribution is 7.80. The summed E-state index contributed by atoms with van der Waals surface area (Å²) in [7, 11) is 0. The summed E-state index contributed by atoms with van der Waals surface area (Å²) >= 11 is 6.22. The van der Waals surface area contributed by atoms with Crippen LogP contribution in [-0.4, -0.2) is 4.98 Å². The fourth-order valence-corrected chi connectivity index (χ4v) is 2.52. The summed E-state index contributed by atoms with van der Waals surface area (Å²) in [5.74, 6) is 0. The third-order valence-electron chi connectivity index (χ3n) is 1.85. The van der Waals surface area contributed by atoms with Crippen LogP contribution in [0.3, 0.4) is 0 Å². The lowest BCUT2D eigenvalue weighted by Crippen LogP contribution is -2.10. The lowest BCUT2D eigenvalue weighted by molar-refractivity contribution is 0.584. The van der Waals surface area contributed by atoms with Crippen molar-refractivity contribution in [2.45, 2.75) is 45.3 Å². The van der Waals surface area contributed by atoms with Crippen molar-refractivity contribution in [2.24, 2.45) is 0 Å². The van der Waals surface area contributed by atoms with Crippen LogP contribution < -0.4 is 0 Å². The minimum atomic E-state index is 0.163. The van der Waals surface area contributed by atoms with E-state index in [1.165, 1.54) is 9.88 Å². The highest BCUT2D eigenvalue weighted by Gasteiger charge is 2.21. The first-order chi connectivity index (χ1) is 5.82. The largest absolute Gasteiger partial charge is 0.246 e. The van der Waals surface area contributed by atoms with Gasteiger partial charge in [0.15, 0.2) is 0 Å². The van der Waals surface area contributed by atoms with Gasteiger partial charge >= 0.3 is 0 Å². The first-order valence-electron chi connectivity index (χ1n) is 4.48. The summed E-state index contributed by atoms with van der Waals surface area (Å²) in [6, 6.07) is 0. The second-order valence-electron chi connectivity index (χ2n) is 4.39. The maximum atomic E-state index is 4.57. The number of nitrogens with zero attached hydrogens (tertiary/aromatic N) is 1. The van der Waals surface area contributed by atoms with Gasteiger partial charge in [-0.3, -0.25) is 0 Å². The van der Waals surface area contributed by atoms with E-state index in [9.17, 15) is 0 Å². The molecule has 0 saturated carbocycles. The summed E-state index contributed by atoms with van der Waals surface area (Å²) in [5, 5.41) is 1.51. The molecule has 0 aliphatic rings. The topological polar surface area (TPSA) is 12.9 Å². The second-order valence-corrected chi connectivity index (χ2v) is 6.20. The monoisotopic (exact) mass is 215 g/mol. The van der Waals surface area contributed by atoms with Crippen molar-refractivity contribution in [2.75, 3.05) is 0 Å². The molecule has 0 aliphatic carbocycles. The number of aromatic nitrogens is 1. The van der Waals surface area contributed by atoms with Crippen LogP contribution in [0.4, 0.5) is 0 Å². The molecule has 3 heteroatoms. The number of hydrogen-bond acceptors (Lipinski definition) is 3. The van der Waals surface area contributed by atoms with Gasteiger partial charge in [-0.1, -0.05) is 20.8 Å². The smallest absolute Gasteiger partial charge is 0.0984 e. The molecule has 1 aromatic rings. The molecule has 0 amide bonds. The van der Waals surface area contributed by atoms with Crippen molar-refractivity contribution in [3.05, 3.63) is 15.6 Å². The van der Waals surface area contributed by atoms with E-state index in [4.69, 9.17) is 0 Å². The SMILES string of the molecule is Cc1nc(C(C)(C)C)sc1C(C)S. The van der Waals surface area contributed by atoms with Crippen LogP contribution in [0.25, 0.3) is 0 Å². The van der Waals surface area contributed by atoms with Crippen molar-refractivity contribution >= 4 is 24.0 Å². The van der Waals surface area contributed by atoms with Crippen LogP contribution in [0.2, 0.25) is 0 Å². The molecular weight excluding hydrogens is 198 g/mol. The van der Waals surface area contributed by atoms with E-state index in [1.807, 2.05) is 0 Å². The number of thiol groups is 1. The molecule has 1 atom stereocenters. The highest BCUT2D eigenvalue weighted by Crippen LogP contribution is 2.34. The van der Waals surface area contributed by atoms with Crippen LogP contribution in [-0.2, 0) is 5.41 Å². The van der Waals surface area contributed by atoms with E-state index in [1.54, 1.807) is 11.3 Å². The van der Waals surface area contributed by atoms with Gasteiger partial charge in [-0.05, 0) is 13.8 Å². The van der Waals surface area contributed by atoms with Crippen molar-refractivity contribution in [3.8, 4) is 0 Å². The molecule has 1 aromatic heterocycles. The van der Waals surface area contributed by atoms with Crippen molar-refractivity contribution < 1.29 is 0 Å². The molecule has 0 bridgehead atoms. The number of hydrogen-bond donors (Lipinski definition) is 1. The molecule has 0 N–H and O–H groups in total. The van der Waals surface area contributed by atoms with Gasteiger partial charge in [-0.15, -0.1) is 11.3 Å². The number of aryl methyl sites for hydroxylation is 1. The fourth-order valence-electron chi connectivity index (χ4n) is 1.12. The van der Waals surface area contributed by atoms with Gasteiger partial charge in [0, 0.05) is 15.5 Å². The Kier molecular flexibility index (Phi) is 3.08. The molecule has 0 spiro atoms. The summed E-state index contributed by atoms with van der Waals surface area (Å²) in [6.07, 6.45) is 0. The first-order valence-corrected chi connectivity index (χ1v) is 5.81. The zero-order chi connectivity index (χ0) is 10.2. The lowest BCUT2D eigenvalue weighted by atomic mass is 9.98. The molecule has 13 heavy (non-hydrogen) atoms. The number of rotatable bonds is 1. The van der Waals surface area contributed by atoms with E-state index in [0.29, 0.717) is 5.25 Å². The molecule has 1 nitrogen and oxygen atoms in total. The van der Waals surface area contributed by atoms with Crippen LogP contribution in [0.5, 0.6) is 0 Å². The minimum Gasteiger partial charge on any atom is -0.246 e. The summed E-state index contributed by atoms with van der Waals surface area (Å²) < 4.78 is 0. The molecular formula is C10H17NS2. The Bertz CT molecular complexity index is 294. The Hall–Kier alpha value is -0.0200. The number of thiazole rings is 1. The van der Waals surface area contributed by atoms with Crippen molar-refractivity contribution in [3.63, 3.8) is 0 Å². The average Bonchev–Trinajstić information content (AvgIpc) is 2.29. The Morgan fingerprint density at radius 3 is 2.15 bits per heavy atom. The van der Waals surface area contributed by atoms with Gasteiger partial charge in [-0.2, -0.15) is 12.6 Å². The van der Waals surface area contributed by atoms with Crippen LogP contribution in [0.15, 0.2) is 0 Å². The molecule has 0 fully saturated rings. The van der Waals surface area contributed by atoms with Crippen LogP contribution in [0.1, 0.15) is 48.5 Å². The zero-order valence-electron chi connectivity index (χ0n) is 8.88. The zero-order valence-corrected chi connectivity index (χ0v) is 10.6. The molecule has 0 aliphatic heterocycles. The molecule has 0 saturated heterocycles. The third kappa shape index (κ3) is 2.47. The first kappa shape index (κ1) is 11.1. The Morgan fingerprint density at radius 1 is 1.38 bits per heavy atom. The predicted molar refractivity (Wildman–Crippen MR) is 63.0 cm³/mol.